The van der Waals surface area contributed by atoms with Gasteiger partial charge in [0, 0.05) is 29.6 Å². The molecular formula is C32H43N3O2S. The summed E-state index contributed by atoms with van der Waals surface area (Å²) in [5.74, 6) is -0.188. The van der Waals surface area contributed by atoms with Crippen LogP contribution in [0.25, 0.3) is 0 Å². The molecule has 1 aliphatic carbocycles. The van der Waals surface area contributed by atoms with E-state index in [4.69, 9.17) is 11.5 Å². The summed E-state index contributed by atoms with van der Waals surface area (Å²) in [4.78, 5) is 13.0. The molecule has 5 N–H and O–H groups in total. The van der Waals surface area contributed by atoms with Gasteiger partial charge >= 0.3 is 0 Å². The quantitative estimate of drug-likeness (QED) is 0.199. The Morgan fingerprint density at radius 3 is 2.13 bits per heavy atom. The maximum Gasteiger partial charge on any atom is 0.220 e. The first-order valence-corrected chi connectivity index (χ1v) is 14.4. The number of nitrogen functional groups attached to an aromatic ring is 1. The van der Waals surface area contributed by atoms with E-state index >= 15 is 0 Å². The Morgan fingerprint density at radius 2 is 1.55 bits per heavy atom. The summed E-state index contributed by atoms with van der Waals surface area (Å²) < 4.78 is 2.16. The van der Waals surface area contributed by atoms with Crippen molar-refractivity contribution >= 4 is 23.5 Å². The fourth-order valence-electron chi connectivity index (χ4n) is 4.61. The summed E-state index contributed by atoms with van der Waals surface area (Å²) in [6.07, 6.45) is 5.25. The third-order valence-corrected chi connectivity index (χ3v) is 7.85. The fourth-order valence-corrected chi connectivity index (χ4v) is 5.60. The third-order valence-electron chi connectivity index (χ3n) is 6.78. The van der Waals surface area contributed by atoms with Gasteiger partial charge in [0.25, 0.3) is 0 Å². The van der Waals surface area contributed by atoms with Gasteiger partial charge in [0.1, 0.15) is 0 Å². The third kappa shape index (κ3) is 10.5. The molecule has 0 heterocycles. The molecule has 0 aromatic heterocycles. The molecule has 5 nitrogen and oxygen atoms in total. The minimum absolute atomic E-state index is 0.352. The maximum atomic E-state index is 11.9. The lowest BCUT2D eigenvalue weighted by molar-refractivity contribution is -0.122. The number of nitrogens with two attached hydrogens (primary N) is 2. The number of nitrogens with zero attached hydrogens (tertiary/aromatic N) is 1. The summed E-state index contributed by atoms with van der Waals surface area (Å²) in [5.41, 5.74) is 16.3. The van der Waals surface area contributed by atoms with Gasteiger partial charge in [-0.2, -0.15) is 0 Å². The number of aryl methyl sites for hydroxylation is 2. The Kier molecular flexibility index (Phi) is 12.2. The first-order valence-electron chi connectivity index (χ1n) is 13.7. The highest BCUT2D eigenvalue weighted by atomic mass is 32.2. The van der Waals surface area contributed by atoms with Crippen LogP contribution in [-0.4, -0.2) is 34.5 Å². The zero-order valence-corrected chi connectivity index (χ0v) is 23.6. The van der Waals surface area contributed by atoms with Crippen LogP contribution in [0, 0.1) is 11.8 Å². The van der Waals surface area contributed by atoms with E-state index in [1.54, 1.807) is 23.1 Å². The van der Waals surface area contributed by atoms with Gasteiger partial charge in [0.15, 0.2) is 0 Å². The summed E-state index contributed by atoms with van der Waals surface area (Å²) in [6, 6.07) is 26.2. The average molecular weight is 534 g/mol. The molecule has 2 atom stereocenters. The molecule has 38 heavy (non-hydrogen) atoms. The molecule has 6 heteroatoms. The molecule has 204 valence electrons. The first-order chi connectivity index (χ1) is 18.3. The Labute approximate surface area is 232 Å². The van der Waals surface area contributed by atoms with Crippen LogP contribution in [0.1, 0.15) is 49.8 Å². The number of aliphatic hydroxyl groups is 1. The van der Waals surface area contributed by atoms with Gasteiger partial charge in [-0.05, 0) is 97.3 Å². The van der Waals surface area contributed by atoms with Gasteiger partial charge in [-0.25, -0.2) is 4.31 Å². The Hall–Kier alpha value is -2.80. The van der Waals surface area contributed by atoms with Gasteiger partial charge in [0.05, 0.1) is 6.10 Å². The zero-order valence-electron chi connectivity index (χ0n) is 22.8. The predicted molar refractivity (Wildman–Crippen MR) is 160 cm³/mol. The van der Waals surface area contributed by atoms with Gasteiger partial charge in [-0.1, -0.05) is 68.4 Å². The highest BCUT2D eigenvalue weighted by Gasteiger charge is 2.22. The molecule has 1 aliphatic rings. The van der Waals surface area contributed by atoms with Gasteiger partial charge < -0.3 is 16.6 Å². The highest BCUT2D eigenvalue weighted by Crippen LogP contribution is 2.26. The number of carbonyl (C=O) groups excluding carboxylic acids is 1. The van der Waals surface area contributed by atoms with Crippen molar-refractivity contribution in [2.24, 2.45) is 17.6 Å². The number of rotatable bonds is 12. The molecule has 0 bridgehead atoms. The number of carbonyl (C=O) groups is 1. The van der Waals surface area contributed by atoms with E-state index < -0.39 is 6.10 Å². The zero-order chi connectivity index (χ0) is 27.3. The molecule has 0 fully saturated rings. The van der Waals surface area contributed by atoms with E-state index in [0.29, 0.717) is 25.3 Å². The van der Waals surface area contributed by atoms with Crippen molar-refractivity contribution in [2.75, 3.05) is 18.8 Å². The Bertz CT molecular complexity index is 1080. The van der Waals surface area contributed by atoms with Crippen molar-refractivity contribution in [3.05, 3.63) is 95.6 Å². The number of benzene rings is 3. The number of amides is 1. The Morgan fingerprint density at radius 1 is 0.947 bits per heavy atom. The van der Waals surface area contributed by atoms with Crippen molar-refractivity contribution < 1.29 is 9.90 Å². The number of fused-ring (bicyclic) bond motifs is 1. The van der Waals surface area contributed by atoms with E-state index in [-0.39, 0.29) is 11.8 Å². The van der Waals surface area contributed by atoms with Crippen molar-refractivity contribution in [1.29, 1.82) is 0 Å². The van der Waals surface area contributed by atoms with Crippen LogP contribution in [0.3, 0.4) is 0 Å². The second kappa shape index (κ2) is 15.6. The molecule has 0 radical (unpaired) electrons. The topological polar surface area (TPSA) is 92.6 Å². The summed E-state index contributed by atoms with van der Waals surface area (Å²) in [5, 5.41) is 10.7. The van der Waals surface area contributed by atoms with Crippen LogP contribution in [0.2, 0.25) is 0 Å². The lowest BCUT2D eigenvalue weighted by Crippen LogP contribution is -2.34. The van der Waals surface area contributed by atoms with Crippen LogP contribution in [0.15, 0.2) is 83.8 Å². The van der Waals surface area contributed by atoms with Crippen molar-refractivity contribution in [1.82, 2.24) is 4.31 Å². The molecule has 0 unspecified atom stereocenters. The largest absolute Gasteiger partial charge is 0.399 e. The van der Waals surface area contributed by atoms with E-state index in [0.717, 1.165) is 29.1 Å². The van der Waals surface area contributed by atoms with E-state index in [1.165, 1.54) is 19.3 Å². The van der Waals surface area contributed by atoms with E-state index in [9.17, 15) is 9.90 Å². The van der Waals surface area contributed by atoms with Crippen LogP contribution >= 0.6 is 11.9 Å². The van der Waals surface area contributed by atoms with Crippen LogP contribution in [0.5, 0.6) is 0 Å². The minimum atomic E-state index is -0.635. The molecule has 0 spiro atoms. The highest BCUT2D eigenvalue weighted by molar-refractivity contribution is 7.97. The predicted octanol–water partition coefficient (Wildman–Crippen LogP) is 5.89. The average Bonchev–Trinajstić information content (AvgIpc) is 3.38. The van der Waals surface area contributed by atoms with Gasteiger partial charge in [0.2, 0.25) is 5.91 Å². The van der Waals surface area contributed by atoms with Gasteiger partial charge in [-0.3, -0.25) is 4.79 Å². The second-order valence-electron chi connectivity index (χ2n) is 10.5. The summed E-state index contributed by atoms with van der Waals surface area (Å²) >= 11 is 1.61. The van der Waals surface area contributed by atoms with Crippen LogP contribution < -0.4 is 11.5 Å². The van der Waals surface area contributed by atoms with Crippen molar-refractivity contribution in [2.45, 2.75) is 63.4 Å². The fraction of sp³-hybridized carbons (Fsp3) is 0.406. The molecule has 3 aromatic carbocycles. The number of aliphatic hydroxyl groups excluding tert-OH is 1. The minimum Gasteiger partial charge on any atom is -0.399 e. The van der Waals surface area contributed by atoms with Gasteiger partial charge in [-0.15, -0.1) is 0 Å². The Balaban J connectivity index is 0.000000368. The number of primary amides is 1. The van der Waals surface area contributed by atoms with Crippen LogP contribution in [0.4, 0.5) is 5.69 Å². The molecule has 0 saturated heterocycles. The molecule has 4 rings (SSSR count). The SMILES string of the molecule is CC(C)CCN(C[C@@H](O)C[C@@H](Cc1ccccc1)C(N)=O)Sc1ccc(N)cc1.c1ccc2c(c1)CCC2. The van der Waals surface area contributed by atoms with Crippen LogP contribution in [-0.2, 0) is 24.1 Å². The second-order valence-corrected chi connectivity index (χ2v) is 11.7. The van der Waals surface area contributed by atoms with Crippen molar-refractivity contribution in [3.63, 3.8) is 0 Å². The van der Waals surface area contributed by atoms with Crippen molar-refractivity contribution in [3.8, 4) is 0 Å². The molecule has 0 aliphatic heterocycles. The number of hydrogen-bond acceptors (Lipinski definition) is 5. The van der Waals surface area contributed by atoms with E-state index in [1.807, 2.05) is 54.6 Å². The lowest BCUT2D eigenvalue weighted by atomic mass is 9.93. The van der Waals surface area contributed by atoms with E-state index in [2.05, 4.69) is 42.4 Å². The smallest absolute Gasteiger partial charge is 0.220 e. The summed E-state index contributed by atoms with van der Waals surface area (Å²) in [6.45, 7) is 5.70. The number of anilines is 1. The normalized spacial score (nSPS) is 14.0. The molecule has 0 saturated carbocycles. The first kappa shape index (κ1) is 29.8. The standard InChI is InChI=1S/C23H33N3O2S.C9H10/c1-17(2)12-13-26(29-22-10-8-20(24)9-11-22)16-21(27)15-19(23(25)28)14-18-6-4-3-5-7-18;1-2-5-9-7-3-6-8(9)4-1/h3-11,17,19,21,27H,12-16,24H2,1-2H3,(H2,25,28);1-2,4-5H,3,6-7H2/t19-,21+;/m1./s1. The molecule has 1 amide bonds. The molecular weight excluding hydrogens is 490 g/mol. The lowest BCUT2D eigenvalue weighted by Gasteiger charge is -2.26. The maximum absolute atomic E-state index is 11.9. The monoisotopic (exact) mass is 533 g/mol. The molecule has 3 aromatic rings. The summed E-state index contributed by atoms with van der Waals surface area (Å²) in [7, 11) is 0. The number of hydrogen-bond donors (Lipinski definition) is 3.